The van der Waals surface area contributed by atoms with E-state index in [0.717, 1.165) is 24.1 Å². The van der Waals surface area contributed by atoms with Gasteiger partial charge in [0.05, 0.1) is 24.6 Å². The van der Waals surface area contributed by atoms with Crippen LogP contribution in [0.5, 0.6) is 0 Å². The van der Waals surface area contributed by atoms with E-state index >= 15 is 0 Å². The second kappa shape index (κ2) is 13.0. The minimum Gasteiger partial charge on any atom is -0.387 e. The van der Waals surface area contributed by atoms with Crippen molar-refractivity contribution in [1.29, 1.82) is 0 Å². The number of aromatic amines is 1. The van der Waals surface area contributed by atoms with Crippen LogP contribution in [0.15, 0.2) is 41.9 Å². The van der Waals surface area contributed by atoms with Crippen LogP contribution in [0.4, 0.5) is 0 Å². The number of Topliss-reactive ketones (excluding diaryl/α,β-unsaturated/α-hetero) is 1. The van der Waals surface area contributed by atoms with Gasteiger partial charge in [-0.05, 0) is 36.3 Å². The summed E-state index contributed by atoms with van der Waals surface area (Å²) in [4.78, 5) is 82.1. The minimum absolute atomic E-state index is 0.00740. The number of likely N-dealkylation sites (tertiary alicyclic amines) is 1. The molecule has 14 heteroatoms. The molecule has 2 aliphatic carbocycles. The Morgan fingerprint density at radius 3 is 2.56 bits per heavy atom. The first-order chi connectivity index (χ1) is 22.8. The summed E-state index contributed by atoms with van der Waals surface area (Å²) in [6, 6.07) is 4.15. The van der Waals surface area contributed by atoms with Crippen LogP contribution < -0.4 is 16.0 Å². The molecular weight excluding hydrogens is 638 g/mol. The average Bonchev–Trinajstić information content (AvgIpc) is 3.88. The van der Waals surface area contributed by atoms with Gasteiger partial charge >= 0.3 is 0 Å². The van der Waals surface area contributed by atoms with E-state index in [1.54, 1.807) is 24.7 Å². The summed E-state index contributed by atoms with van der Waals surface area (Å²) in [7, 11) is 1.37. The van der Waals surface area contributed by atoms with E-state index in [4.69, 9.17) is 16.4 Å². The molecule has 4 aliphatic rings. The number of ketones is 1. The summed E-state index contributed by atoms with van der Waals surface area (Å²) >= 11 is 6.24. The van der Waals surface area contributed by atoms with Crippen LogP contribution in [0.25, 0.3) is 0 Å². The number of nitrogens with zero attached hydrogens (tertiary/aromatic N) is 3. The van der Waals surface area contributed by atoms with Gasteiger partial charge in [0.1, 0.15) is 12.1 Å². The van der Waals surface area contributed by atoms with Crippen molar-refractivity contribution >= 4 is 46.7 Å². The second-order valence-electron chi connectivity index (χ2n) is 14.6. The van der Waals surface area contributed by atoms with Crippen LogP contribution in [0, 0.1) is 17.3 Å². The number of rotatable bonds is 11. The molecule has 2 aliphatic heterocycles. The quantitative estimate of drug-likeness (QED) is 0.264. The second-order valence-corrected chi connectivity index (χ2v) is 15.1. The van der Waals surface area contributed by atoms with E-state index in [9.17, 15) is 24.0 Å². The molecule has 3 fully saturated rings. The number of carbonyl (C=O) groups excluding carboxylic acids is 5. The topological polar surface area (TPSA) is 175 Å². The lowest BCUT2D eigenvalue weighted by Crippen LogP contribution is -2.59. The lowest BCUT2D eigenvalue weighted by molar-refractivity contribution is -0.145. The van der Waals surface area contributed by atoms with E-state index in [1.165, 1.54) is 11.9 Å². The van der Waals surface area contributed by atoms with Gasteiger partial charge in [-0.15, -0.1) is 0 Å². The molecule has 13 nitrogen and oxygen atoms in total. The number of H-pyrrole nitrogens is 1. The Hall–Kier alpha value is -4.26. The fraction of sp³-hybridized carbons (Fsp3) is 0.559. The monoisotopic (exact) mass is 679 g/mol. The summed E-state index contributed by atoms with van der Waals surface area (Å²) in [5.74, 6) is -2.86. The first-order valence-electron chi connectivity index (χ1n) is 16.4. The first-order valence-corrected chi connectivity index (χ1v) is 16.8. The molecule has 48 heavy (non-hydrogen) atoms. The predicted molar refractivity (Wildman–Crippen MR) is 176 cm³/mol. The summed E-state index contributed by atoms with van der Waals surface area (Å²) in [5, 5.41) is 13.0. The Bertz CT molecular complexity index is 1630. The lowest BCUT2D eigenvalue weighted by atomic mass is 9.85. The zero-order chi connectivity index (χ0) is 34.4. The zero-order valence-corrected chi connectivity index (χ0v) is 28.3. The molecule has 1 saturated heterocycles. The highest BCUT2D eigenvalue weighted by atomic mass is 35.5. The van der Waals surface area contributed by atoms with E-state index in [2.05, 4.69) is 31.1 Å². The van der Waals surface area contributed by atoms with Crippen molar-refractivity contribution in [3.05, 3.63) is 53.1 Å². The highest BCUT2D eigenvalue weighted by Crippen LogP contribution is 2.47. The standard InChI is InChI=1S/C34H42ClN7O6/c1-33(2,3)28(40-29(44)22-12-21(22)25-15-37-17-38-25)32(47)42-16-34(13-24(41-48-34)19-6-5-7-20(35)11-19)14-26(42)30(45)39-23(10-18-8-9-18)27(43)31(46)36-4/h5-7,11,15,17-18,21-23,26,28H,8-10,12-14,16H2,1-4H3,(H,36,46)(H,37,38)(H,39,45)(H,40,44)/t21-,22-,23+,26+,28-,34-/m1/s1. The molecule has 256 valence electrons. The Kier molecular flexibility index (Phi) is 9.10. The normalized spacial score (nSPS) is 25.9. The summed E-state index contributed by atoms with van der Waals surface area (Å²) in [6.45, 7) is 5.60. The van der Waals surface area contributed by atoms with Crippen molar-refractivity contribution in [2.75, 3.05) is 13.6 Å². The molecular formula is C34H42ClN7O6. The van der Waals surface area contributed by atoms with Crippen LogP contribution in [-0.4, -0.2) is 87.3 Å². The number of amides is 4. The van der Waals surface area contributed by atoms with Gasteiger partial charge in [0, 0.05) is 54.2 Å². The third-order valence-corrected chi connectivity index (χ3v) is 10.0. The van der Waals surface area contributed by atoms with E-state index in [0.29, 0.717) is 30.0 Å². The first kappa shape index (κ1) is 33.6. The molecule has 1 aromatic carbocycles. The summed E-state index contributed by atoms with van der Waals surface area (Å²) in [5.41, 5.74) is 0.521. The highest BCUT2D eigenvalue weighted by Gasteiger charge is 2.56. The highest BCUT2D eigenvalue weighted by molar-refractivity contribution is 6.38. The number of imidazole rings is 1. The molecule has 0 bridgehead atoms. The minimum atomic E-state index is -1.05. The van der Waals surface area contributed by atoms with Gasteiger partial charge in [-0.1, -0.05) is 62.5 Å². The van der Waals surface area contributed by atoms with Gasteiger partial charge in [-0.3, -0.25) is 24.0 Å². The molecule has 6 rings (SSSR count). The smallest absolute Gasteiger partial charge is 0.289 e. The number of hydrogen-bond acceptors (Lipinski definition) is 8. The van der Waals surface area contributed by atoms with Gasteiger partial charge in [0.15, 0.2) is 5.60 Å². The number of oxime groups is 1. The van der Waals surface area contributed by atoms with Gasteiger partial charge < -0.3 is 30.7 Å². The molecule has 4 N–H and O–H groups in total. The Morgan fingerprint density at radius 1 is 1.15 bits per heavy atom. The van der Waals surface area contributed by atoms with Gasteiger partial charge in [-0.25, -0.2) is 4.98 Å². The maximum absolute atomic E-state index is 14.6. The maximum atomic E-state index is 14.6. The van der Waals surface area contributed by atoms with Gasteiger partial charge in [0.2, 0.25) is 23.5 Å². The van der Waals surface area contributed by atoms with Crippen molar-refractivity contribution in [3.63, 3.8) is 0 Å². The maximum Gasteiger partial charge on any atom is 0.289 e. The van der Waals surface area contributed by atoms with Crippen LogP contribution in [0.3, 0.4) is 0 Å². The number of likely N-dealkylation sites (N-methyl/N-ethyl adjacent to an activating group) is 1. The predicted octanol–water partition coefficient (Wildman–Crippen LogP) is 2.46. The number of aromatic nitrogens is 2. The molecule has 6 atom stereocenters. The number of halogens is 1. The fourth-order valence-electron chi connectivity index (χ4n) is 6.78. The molecule has 2 aromatic rings. The van der Waals surface area contributed by atoms with Crippen molar-refractivity contribution < 1.29 is 28.8 Å². The Morgan fingerprint density at radius 2 is 1.92 bits per heavy atom. The third kappa shape index (κ3) is 7.11. The number of nitrogens with one attached hydrogen (secondary N) is 4. The van der Waals surface area contributed by atoms with Crippen molar-refractivity contribution in [1.82, 2.24) is 30.8 Å². The number of benzene rings is 1. The Balaban J connectivity index is 1.25. The van der Waals surface area contributed by atoms with Crippen molar-refractivity contribution in [2.45, 2.75) is 88.9 Å². The molecule has 4 amide bonds. The van der Waals surface area contributed by atoms with Crippen LogP contribution in [0.1, 0.15) is 76.5 Å². The summed E-state index contributed by atoms with van der Waals surface area (Å²) in [6.07, 6.45) is 6.47. The van der Waals surface area contributed by atoms with Crippen molar-refractivity contribution in [3.8, 4) is 0 Å². The molecule has 0 unspecified atom stereocenters. The average molecular weight is 680 g/mol. The summed E-state index contributed by atoms with van der Waals surface area (Å²) < 4.78 is 0. The van der Waals surface area contributed by atoms with Crippen LogP contribution in [-0.2, 0) is 28.8 Å². The molecule has 1 aromatic heterocycles. The number of carbonyl (C=O) groups is 5. The molecule has 2 saturated carbocycles. The fourth-order valence-corrected chi connectivity index (χ4v) is 6.97. The van der Waals surface area contributed by atoms with E-state index < -0.39 is 52.6 Å². The van der Waals surface area contributed by atoms with Gasteiger partial charge in [0.25, 0.3) is 5.91 Å². The van der Waals surface area contributed by atoms with Crippen LogP contribution >= 0.6 is 11.6 Å². The lowest BCUT2D eigenvalue weighted by Gasteiger charge is -2.35. The molecule has 3 heterocycles. The van der Waals surface area contributed by atoms with E-state index in [1.807, 2.05) is 32.9 Å². The largest absolute Gasteiger partial charge is 0.387 e. The SMILES string of the molecule is CNC(=O)C(=O)[C@H](CC1CC1)NC(=O)[C@@H]1C[C@]2(CC(c3cccc(Cl)c3)=NO2)CN1C(=O)[C@@H](NC(=O)[C@@H]1C[C@H]1c1cnc[nH]1)C(C)(C)C. The van der Waals surface area contributed by atoms with Crippen LogP contribution in [0.2, 0.25) is 5.02 Å². The Labute approximate surface area is 284 Å². The van der Waals surface area contributed by atoms with Gasteiger partial charge in [-0.2, -0.15) is 0 Å². The molecule has 1 spiro atoms. The van der Waals surface area contributed by atoms with E-state index in [-0.39, 0.29) is 36.6 Å². The van der Waals surface area contributed by atoms with Crippen molar-refractivity contribution in [2.24, 2.45) is 22.4 Å². The third-order valence-electron chi connectivity index (χ3n) is 9.78. The zero-order valence-electron chi connectivity index (χ0n) is 27.5. The molecule has 0 radical (unpaired) electrons. The number of hydrogen-bond donors (Lipinski definition) is 4.